The van der Waals surface area contributed by atoms with Crippen molar-refractivity contribution in [2.45, 2.75) is 12.5 Å². The monoisotopic (exact) mass is 283 g/mol. The summed E-state index contributed by atoms with van der Waals surface area (Å²) in [5.74, 6) is 1.17. The standard InChI is InChI=1S/C17H17NO3/c19-17(18-11-10-13-6-2-1-3-7-13)16-12-20-14-8-4-5-9-15(14)21-16/h1-9,16H,10-12H2,(H,18,19)/t16-/m1/s1. The Morgan fingerprint density at radius 1 is 1.05 bits per heavy atom. The molecule has 0 saturated heterocycles. The van der Waals surface area contributed by atoms with Crippen molar-refractivity contribution in [2.24, 2.45) is 0 Å². The summed E-state index contributed by atoms with van der Waals surface area (Å²) in [5.41, 5.74) is 1.20. The molecule has 1 amide bonds. The van der Waals surface area contributed by atoms with Gasteiger partial charge in [0.15, 0.2) is 11.5 Å². The molecule has 108 valence electrons. The van der Waals surface area contributed by atoms with E-state index in [1.165, 1.54) is 5.56 Å². The molecule has 1 N–H and O–H groups in total. The number of benzene rings is 2. The molecule has 0 radical (unpaired) electrons. The van der Waals surface area contributed by atoms with Gasteiger partial charge in [0.1, 0.15) is 6.61 Å². The molecule has 0 aromatic heterocycles. The molecule has 0 aliphatic carbocycles. The lowest BCUT2D eigenvalue weighted by Gasteiger charge is -2.25. The molecule has 0 bridgehead atoms. The van der Waals surface area contributed by atoms with Gasteiger partial charge in [-0.2, -0.15) is 0 Å². The highest BCUT2D eigenvalue weighted by atomic mass is 16.6. The maximum atomic E-state index is 12.1. The topological polar surface area (TPSA) is 47.6 Å². The summed E-state index contributed by atoms with van der Waals surface area (Å²) < 4.78 is 11.2. The van der Waals surface area contributed by atoms with Crippen LogP contribution in [-0.4, -0.2) is 25.2 Å². The number of para-hydroxylation sites is 2. The van der Waals surface area contributed by atoms with E-state index < -0.39 is 6.10 Å². The number of amides is 1. The Morgan fingerprint density at radius 2 is 1.76 bits per heavy atom. The van der Waals surface area contributed by atoms with Crippen LogP contribution in [0.3, 0.4) is 0 Å². The van der Waals surface area contributed by atoms with Crippen molar-refractivity contribution in [3.8, 4) is 11.5 Å². The SMILES string of the molecule is O=C(NCCc1ccccc1)[C@H]1COc2ccccc2O1. The Kier molecular flexibility index (Phi) is 4.05. The second-order valence-electron chi connectivity index (χ2n) is 4.89. The Balaban J connectivity index is 1.50. The molecule has 0 fully saturated rings. The van der Waals surface area contributed by atoms with Crippen LogP contribution in [0.1, 0.15) is 5.56 Å². The number of nitrogens with one attached hydrogen (secondary N) is 1. The van der Waals surface area contributed by atoms with Crippen LogP contribution < -0.4 is 14.8 Å². The van der Waals surface area contributed by atoms with Crippen LogP contribution >= 0.6 is 0 Å². The highest BCUT2D eigenvalue weighted by Gasteiger charge is 2.26. The third-order valence-corrected chi connectivity index (χ3v) is 3.36. The van der Waals surface area contributed by atoms with Crippen molar-refractivity contribution < 1.29 is 14.3 Å². The molecule has 2 aromatic carbocycles. The largest absolute Gasteiger partial charge is 0.485 e. The van der Waals surface area contributed by atoms with Crippen LogP contribution in [0.2, 0.25) is 0 Å². The molecule has 0 spiro atoms. The molecular weight excluding hydrogens is 266 g/mol. The molecule has 0 unspecified atom stereocenters. The van der Waals surface area contributed by atoms with Crippen LogP contribution in [0, 0.1) is 0 Å². The van der Waals surface area contributed by atoms with E-state index in [1.807, 2.05) is 48.5 Å². The Labute approximate surface area is 123 Å². The number of hydrogen-bond acceptors (Lipinski definition) is 3. The molecule has 2 aromatic rings. The molecule has 1 atom stereocenters. The van der Waals surface area contributed by atoms with Crippen molar-refractivity contribution in [1.82, 2.24) is 5.32 Å². The first kappa shape index (κ1) is 13.5. The van der Waals surface area contributed by atoms with Gasteiger partial charge in [0, 0.05) is 6.54 Å². The third-order valence-electron chi connectivity index (χ3n) is 3.36. The zero-order valence-electron chi connectivity index (χ0n) is 11.6. The molecule has 3 rings (SSSR count). The maximum absolute atomic E-state index is 12.1. The van der Waals surface area contributed by atoms with Crippen LogP contribution in [0.15, 0.2) is 54.6 Å². The van der Waals surface area contributed by atoms with Gasteiger partial charge in [0.2, 0.25) is 6.10 Å². The summed E-state index contributed by atoms with van der Waals surface area (Å²) in [6.45, 7) is 0.832. The maximum Gasteiger partial charge on any atom is 0.264 e. The van der Waals surface area contributed by atoms with Gasteiger partial charge in [-0.25, -0.2) is 0 Å². The zero-order chi connectivity index (χ0) is 14.5. The lowest BCUT2D eigenvalue weighted by Crippen LogP contribution is -2.44. The predicted molar refractivity (Wildman–Crippen MR) is 79.5 cm³/mol. The van der Waals surface area contributed by atoms with Crippen LogP contribution in [-0.2, 0) is 11.2 Å². The van der Waals surface area contributed by atoms with Gasteiger partial charge in [-0.15, -0.1) is 0 Å². The van der Waals surface area contributed by atoms with Crippen LogP contribution in [0.5, 0.6) is 11.5 Å². The van der Waals surface area contributed by atoms with E-state index >= 15 is 0 Å². The van der Waals surface area contributed by atoms with Crippen LogP contribution in [0.25, 0.3) is 0 Å². The summed E-state index contributed by atoms with van der Waals surface area (Å²) in [7, 11) is 0. The van der Waals surface area contributed by atoms with E-state index in [0.717, 1.165) is 6.42 Å². The van der Waals surface area contributed by atoms with E-state index in [1.54, 1.807) is 6.07 Å². The number of carbonyl (C=O) groups excluding carboxylic acids is 1. The van der Waals surface area contributed by atoms with E-state index in [2.05, 4.69) is 5.32 Å². The van der Waals surface area contributed by atoms with Crippen molar-refractivity contribution in [3.05, 3.63) is 60.2 Å². The fraction of sp³-hybridized carbons (Fsp3) is 0.235. The first-order valence-electron chi connectivity index (χ1n) is 7.03. The second-order valence-corrected chi connectivity index (χ2v) is 4.89. The number of hydrogen-bond donors (Lipinski definition) is 1. The van der Waals surface area contributed by atoms with Gasteiger partial charge in [-0.3, -0.25) is 4.79 Å². The quantitative estimate of drug-likeness (QED) is 0.935. The van der Waals surface area contributed by atoms with Crippen molar-refractivity contribution in [1.29, 1.82) is 0 Å². The predicted octanol–water partition coefficient (Wildman–Crippen LogP) is 2.19. The molecule has 1 heterocycles. The Hall–Kier alpha value is -2.49. The summed E-state index contributed by atoms with van der Waals surface area (Å²) in [5, 5.41) is 2.89. The molecule has 0 saturated carbocycles. The number of rotatable bonds is 4. The summed E-state index contributed by atoms with van der Waals surface area (Å²) in [4.78, 5) is 12.1. The summed E-state index contributed by atoms with van der Waals surface area (Å²) in [6.07, 6.45) is 0.215. The molecule has 1 aliphatic heterocycles. The van der Waals surface area contributed by atoms with Gasteiger partial charge in [-0.05, 0) is 24.1 Å². The average Bonchev–Trinajstić information content (AvgIpc) is 2.55. The Morgan fingerprint density at radius 3 is 2.57 bits per heavy atom. The van der Waals surface area contributed by atoms with Gasteiger partial charge < -0.3 is 14.8 Å². The van der Waals surface area contributed by atoms with E-state index in [4.69, 9.17) is 9.47 Å². The third kappa shape index (κ3) is 3.34. The molecule has 1 aliphatic rings. The van der Waals surface area contributed by atoms with E-state index in [0.29, 0.717) is 18.0 Å². The van der Waals surface area contributed by atoms with Crippen molar-refractivity contribution >= 4 is 5.91 Å². The molecule has 4 heteroatoms. The first-order valence-corrected chi connectivity index (χ1v) is 7.03. The number of ether oxygens (including phenoxy) is 2. The second kappa shape index (κ2) is 6.31. The van der Waals surface area contributed by atoms with Gasteiger partial charge >= 0.3 is 0 Å². The van der Waals surface area contributed by atoms with Crippen molar-refractivity contribution in [2.75, 3.05) is 13.2 Å². The molecule has 4 nitrogen and oxygen atoms in total. The Bertz CT molecular complexity index is 612. The normalized spacial score (nSPS) is 16.3. The lowest BCUT2D eigenvalue weighted by molar-refractivity contribution is -0.130. The summed E-state index contributed by atoms with van der Waals surface area (Å²) >= 11 is 0. The fourth-order valence-electron chi connectivity index (χ4n) is 2.24. The molecule has 21 heavy (non-hydrogen) atoms. The molecular formula is C17H17NO3. The first-order chi connectivity index (χ1) is 10.3. The van der Waals surface area contributed by atoms with Gasteiger partial charge in [-0.1, -0.05) is 42.5 Å². The fourth-order valence-corrected chi connectivity index (χ4v) is 2.24. The summed E-state index contributed by atoms with van der Waals surface area (Å²) in [6, 6.07) is 17.4. The minimum absolute atomic E-state index is 0.138. The smallest absolute Gasteiger partial charge is 0.264 e. The zero-order valence-corrected chi connectivity index (χ0v) is 11.6. The van der Waals surface area contributed by atoms with E-state index in [9.17, 15) is 4.79 Å². The van der Waals surface area contributed by atoms with Crippen molar-refractivity contribution in [3.63, 3.8) is 0 Å². The minimum atomic E-state index is -0.587. The lowest BCUT2D eigenvalue weighted by atomic mass is 10.1. The van der Waals surface area contributed by atoms with E-state index in [-0.39, 0.29) is 12.5 Å². The average molecular weight is 283 g/mol. The number of carbonyl (C=O) groups is 1. The van der Waals surface area contributed by atoms with Gasteiger partial charge in [0.05, 0.1) is 0 Å². The highest BCUT2D eigenvalue weighted by Crippen LogP contribution is 2.30. The van der Waals surface area contributed by atoms with Crippen LogP contribution in [0.4, 0.5) is 0 Å². The highest BCUT2D eigenvalue weighted by molar-refractivity contribution is 5.81. The number of fused-ring (bicyclic) bond motifs is 1. The minimum Gasteiger partial charge on any atom is -0.485 e. The van der Waals surface area contributed by atoms with Gasteiger partial charge in [0.25, 0.3) is 5.91 Å².